The van der Waals surface area contributed by atoms with Gasteiger partial charge in [-0.05, 0) is 23.8 Å². The molecule has 4 rings (SSSR count). The van der Waals surface area contributed by atoms with E-state index in [-0.39, 0.29) is 5.88 Å². The fourth-order valence-electron chi connectivity index (χ4n) is 2.93. The Morgan fingerprint density at radius 1 is 1.20 bits per heavy atom. The van der Waals surface area contributed by atoms with E-state index < -0.39 is 12.6 Å². The summed E-state index contributed by atoms with van der Waals surface area (Å²) in [5, 5.41) is 12.8. The number of hydrogen-bond donors (Lipinski definition) is 2. The Hall–Kier alpha value is -3.37. The number of ether oxygens (including phenoxy) is 2. The number of nitrogens with zero attached hydrogens (tertiary/aromatic N) is 4. The molecule has 3 aromatic rings. The summed E-state index contributed by atoms with van der Waals surface area (Å²) in [5.74, 6) is 0.00698. The van der Waals surface area contributed by atoms with Crippen LogP contribution in [0.2, 0.25) is 0 Å². The van der Waals surface area contributed by atoms with Gasteiger partial charge in [0.05, 0.1) is 17.6 Å². The number of hydrogen-bond acceptors (Lipinski definition) is 9. The Kier molecular flexibility index (Phi) is 5.96. The van der Waals surface area contributed by atoms with Crippen molar-refractivity contribution < 1.29 is 19.4 Å². The van der Waals surface area contributed by atoms with E-state index in [0.717, 1.165) is 32.7 Å². The second kappa shape index (κ2) is 8.97. The maximum absolute atomic E-state index is 10.5. The molecule has 2 N–H and O–H groups in total. The molecule has 2 aromatic heterocycles. The van der Waals surface area contributed by atoms with E-state index in [1.54, 1.807) is 49.6 Å². The zero-order chi connectivity index (χ0) is 20.9. The number of carboxylic acids is 1. The van der Waals surface area contributed by atoms with Crippen LogP contribution in [-0.2, 0) is 16.1 Å². The summed E-state index contributed by atoms with van der Waals surface area (Å²) in [7, 11) is 1.65. The summed E-state index contributed by atoms with van der Waals surface area (Å²) in [5.41, 5.74) is 2.90. The van der Waals surface area contributed by atoms with Crippen molar-refractivity contribution in [1.29, 1.82) is 0 Å². The Morgan fingerprint density at radius 2 is 2.07 bits per heavy atom. The van der Waals surface area contributed by atoms with Crippen LogP contribution in [0.1, 0.15) is 5.56 Å². The van der Waals surface area contributed by atoms with Crippen molar-refractivity contribution in [3.63, 3.8) is 0 Å². The van der Waals surface area contributed by atoms with Gasteiger partial charge < -0.3 is 19.9 Å². The van der Waals surface area contributed by atoms with Gasteiger partial charge in [0.15, 0.2) is 12.4 Å². The first-order valence-electron chi connectivity index (χ1n) is 9.07. The van der Waals surface area contributed by atoms with Gasteiger partial charge in [0, 0.05) is 37.0 Å². The van der Waals surface area contributed by atoms with Gasteiger partial charge in [-0.15, -0.1) is 0 Å². The van der Waals surface area contributed by atoms with Crippen LogP contribution in [0, 0.1) is 0 Å². The molecular formula is C20H19N5O4S. The number of anilines is 3. The van der Waals surface area contributed by atoms with Crippen molar-refractivity contribution in [1.82, 2.24) is 15.0 Å². The molecule has 0 unspecified atom stereocenters. The quantitative estimate of drug-likeness (QED) is 0.558. The van der Waals surface area contributed by atoms with E-state index in [2.05, 4.69) is 38.5 Å². The third-order valence-electron chi connectivity index (χ3n) is 4.26. The Bertz CT molecular complexity index is 1050. The lowest BCUT2D eigenvalue weighted by Gasteiger charge is -2.30. The molecule has 0 saturated heterocycles. The second-order valence-electron chi connectivity index (χ2n) is 6.36. The highest BCUT2D eigenvalue weighted by Crippen LogP contribution is 2.46. The van der Waals surface area contributed by atoms with Crippen molar-refractivity contribution in [3.8, 4) is 5.88 Å². The van der Waals surface area contributed by atoms with Crippen LogP contribution < -0.4 is 15.0 Å². The van der Waals surface area contributed by atoms with E-state index in [4.69, 9.17) is 14.6 Å². The van der Waals surface area contributed by atoms with Crippen LogP contribution in [0.3, 0.4) is 0 Å². The van der Waals surface area contributed by atoms with Crippen LogP contribution in [-0.4, -0.2) is 46.5 Å². The fourth-order valence-corrected chi connectivity index (χ4v) is 3.92. The number of carbonyl (C=O) groups is 1. The lowest BCUT2D eigenvalue weighted by Crippen LogP contribution is -2.24. The molecule has 10 heteroatoms. The number of pyridine rings is 1. The van der Waals surface area contributed by atoms with Gasteiger partial charge in [0.25, 0.3) is 0 Å². The van der Waals surface area contributed by atoms with E-state index >= 15 is 0 Å². The molecule has 0 atom stereocenters. The minimum Gasteiger partial charge on any atom is -0.479 e. The third kappa shape index (κ3) is 4.44. The minimum atomic E-state index is -1.04. The maximum atomic E-state index is 10.5. The molecular weight excluding hydrogens is 406 g/mol. The summed E-state index contributed by atoms with van der Waals surface area (Å²) in [6.45, 7) is 0.541. The molecule has 1 aliphatic rings. The van der Waals surface area contributed by atoms with Gasteiger partial charge in [0.1, 0.15) is 11.8 Å². The van der Waals surface area contributed by atoms with Gasteiger partial charge >= 0.3 is 5.97 Å². The summed E-state index contributed by atoms with van der Waals surface area (Å²) in [6, 6.07) is 9.65. The Labute approximate surface area is 177 Å². The van der Waals surface area contributed by atoms with Crippen molar-refractivity contribution in [2.45, 2.75) is 16.5 Å². The highest BCUT2D eigenvalue weighted by molar-refractivity contribution is 7.99. The maximum Gasteiger partial charge on any atom is 0.341 e. The van der Waals surface area contributed by atoms with E-state index in [1.807, 2.05) is 4.90 Å². The summed E-state index contributed by atoms with van der Waals surface area (Å²) in [6.07, 6.45) is 4.97. The predicted octanol–water partition coefficient (Wildman–Crippen LogP) is 3.15. The topological polar surface area (TPSA) is 110 Å². The molecule has 154 valence electrons. The molecule has 0 spiro atoms. The Balaban J connectivity index is 1.47. The predicted molar refractivity (Wildman–Crippen MR) is 111 cm³/mol. The normalized spacial score (nSPS) is 12.1. The lowest BCUT2D eigenvalue weighted by molar-refractivity contribution is -0.139. The van der Waals surface area contributed by atoms with Gasteiger partial charge in [0.2, 0.25) is 5.88 Å². The van der Waals surface area contributed by atoms with E-state index in [0.29, 0.717) is 13.3 Å². The number of aliphatic carboxylic acids is 1. The third-order valence-corrected chi connectivity index (χ3v) is 5.30. The number of fused-ring (bicyclic) bond motifs is 2. The monoisotopic (exact) mass is 425 g/mol. The number of aromatic nitrogens is 3. The molecule has 0 bridgehead atoms. The first-order valence-corrected chi connectivity index (χ1v) is 9.88. The van der Waals surface area contributed by atoms with Crippen molar-refractivity contribution in [3.05, 3.63) is 54.5 Å². The van der Waals surface area contributed by atoms with Gasteiger partial charge in [-0.1, -0.05) is 17.8 Å². The molecule has 30 heavy (non-hydrogen) atoms. The van der Waals surface area contributed by atoms with Crippen LogP contribution in [0.5, 0.6) is 5.88 Å². The standard InChI is InChI=1S/C20H19N5O4S/c1-28-12-25-15-8-13(2-4-16(15)30-20-19(25)21-6-7-22-20)9-23-14-3-5-17(24-10-14)29-11-18(26)27/h2-8,10,23H,9,11-12H2,1H3,(H,26,27). The lowest BCUT2D eigenvalue weighted by atomic mass is 10.1. The highest BCUT2D eigenvalue weighted by Gasteiger charge is 2.25. The number of methoxy groups -OCH3 is 1. The average Bonchev–Trinajstić information content (AvgIpc) is 2.77. The number of rotatable bonds is 8. The second-order valence-corrected chi connectivity index (χ2v) is 7.39. The average molecular weight is 425 g/mol. The summed E-state index contributed by atoms with van der Waals surface area (Å²) >= 11 is 1.59. The van der Waals surface area contributed by atoms with Gasteiger partial charge in [-0.25, -0.2) is 19.7 Å². The molecule has 0 fully saturated rings. The summed E-state index contributed by atoms with van der Waals surface area (Å²) in [4.78, 5) is 26.6. The first kappa shape index (κ1) is 19.9. The number of carboxylic acid groups (broad SMARTS) is 1. The van der Waals surface area contributed by atoms with E-state index in [1.165, 1.54) is 0 Å². The largest absolute Gasteiger partial charge is 0.479 e. The van der Waals surface area contributed by atoms with Crippen LogP contribution in [0.15, 0.2) is 58.8 Å². The SMILES string of the molecule is COCN1c2cc(CNc3ccc(OCC(=O)O)nc3)ccc2Sc2nccnc21. The van der Waals surface area contributed by atoms with Crippen molar-refractivity contribution in [2.24, 2.45) is 0 Å². The number of nitrogens with one attached hydrogen (secondary N) is 1. The molecule has 3 heterocycles. The molecule has 9 nitrogen and oxygen atoms in total. The zero-order valence-electron chi connectivity index (χ0n) is 16.1. The van der Waals surface area contributed by atoms with Crippen molar-refractivity contribution >= 4 is 34.9 Å². The highest BCUT2D eigenvalue weighted by atomic mass is 32.2. The molecule has 0 radical (unpaired) electrons. The minimum absolute atomic E-state index is 0.267. The molecule has 0 aliphatic carbocycles. The van der Waals surface area contributed by atoms with Crippen LogP contribution >= 0.6 is 11.8 Å². The molecule has 1 aliphatic heterocycles. The smallest absolute Gasteiger partial charge is 0.341 e. The first-order chi connectivity index (χ1) is 14.6. The molecule has 0 saturated carbocycles. The molecule has 0 amide bonds. The van der Waals surface area contributed by atoms with Crippen LogP contribution in [0.25, 0.3) is 0 Å². The molecule has 1 aromatic carbocycles. The number of benzene rings is 1. The van der Waals surface area contributed by atoms with Gasteiger partial charge in [-0.2, -0.15) is 0 Å². The Morgan fingerprint density at radius 3 is 2.83 bits per heavy atom. The van der Waals surface area contributed by atoms with Crippen molar-refractivity contribution in [2.75, 3.05) is 30.7 Å². The zero-order valence-corrected chi connectivity index (χ0v) is 16.9. The van der Waals surface area contributed by atoms with Crippen LogP contribution in [0.4, 0.5) is 17.2 Å². The fraction of sp³-hybridized carbons (Fsp3) is 0.200. The van der Waals surface area contributed by atoms with Gasteiger partial charge in [-0.3, -0.25) is 4.90 Å². The van der Waals surface area contributed by atoms with E-state index in [9.17, 15) is 4.79 Å². The summed E-state index contributed by atoms with van der Waals surface area (Å²) < 4.78 is 10.4.